The molecule has 0 heterocycles. The fraction of sp³-hybridized carbons (Fsp3) is 0.583. The number of carbonyl (C=O) groups is 1. The molecule has 0 saturated heterocycles. The third-order valence-electron chi connectivity index (χ3n) is 2.08. The molecular formula is C12H20N2O. The van der Waals surface area contributed by atoms with Gasteiger partial charge in [0.2, 0.25) is 0 Å². The van der Waals surface area contributed by atoms with E-state index in [2.05, 4.69) is 23.1 Å². The van der Waals surface area contributed by atoms with Gasteiger partial charge in [-0.1, -0.05) is 13.0 Å². The molecule has 0 bridgehead atoms. The molecule has 2 N–H and O–H groups in total. The Morgan fingerprint density at radius 3 is 2.73 bits per heavy atom. The van der Waals surface area contributed by atoms with Crippen LogP contribution in [0.1, 0.15) is 33.1 Å². The standard InChI is InChI=1S/C12H20N2O/c1-5-8-10(4)13-12(15)14-11(7-3)9-6-2/h1,6,10-11H,2,7-9H2,3-4H3,(H2,13,14,15)/t10-,11-/m0/s1. The first-order valence-corrected chi connectivity index (χ1v) is 5.25. The molecule has 2 atom stereocenters. The SMILES string of the molecule is C#CC[C@H](C)NC(=O)N[C@@H](CC)CC=C. The smallest absolute Gasteiger partial charge is 0.315 e. The van der Waals surface area contributed by atoms with E-state index in [1.54, 1.807) is 6.08 Å². The van der Waals surface area contributed by atoms with Crippen LogP contribution in [0.5, 0.6) is 0 Å². The van der Waals surface area contributed by atoms with E-state index in [0.29, 0.717) is 6.42 Å². The minimum Gasteiger partial charge on any atom is -0.335 e. The Balaban J connectivity index is 3.90. The minimum absolute atomic E-state index is 0.0104. The topological polar surface area (TPSA) is 41.1 Å². The summed E-state index contributed by atoms with van der Waals surface area (Å²) in [6, 6.07) is 0.00298. The van der Waals surface area contributed by atoms with Crippen molar-refractivity contribution in [3.8, 4) is 12.3 Å². The predicted octanol–water partition coefficient (Wildman–Crippen LogP) is 2.05. The minimum atomic E-state index is -0.161. The molecule has 0 aliphatic heterocycles. The summed E-state index contributed by atoms with van der Waals surface area (Å²) in [5.41, 5.74) is 0. The van der Waals surface area contributed by atoms with Gasteiger partial charge in [0, 0.05) is 18.5 Å². The molecule has 0 aliphatic carbocycles. The molecule has 3 nitrogen and oxygen atoms in total. The fourth-order valence-corrected chi connectivity index (χ4v) is 1.21. The Morgan fingerprint density at radius 1 is 1.60 bits per heavy atom. The summed E-state index contributed by atoms with van der Waals surface area (Å²) in [6.45, 7) is 7.56. The molecular weight excluding hydrogens is 188 g/mol. The Hall–Kier alpha value is -1.43. The molecule has 0 radical (unpaired) electrons. The van der Waals surface area contributed by atoms with Gasteiger partial charge in [0.05, 0.1) is 0 Å². The summed E-state index contributed by atoms with van der Waals surface area (Å²) in [6.07, 6.45) is 9.17. The van der Waals surface area contributed by atoms with Crippen LogP contribution >= 0.6 is 0 Å². The number of urea groups is 1. The lowest BCUT2D eigenvalue weighted by Crippen LogP contribution is -2.45. The molecule has 0 rings (SSSR count). The van der Waals surface area contributed by atoms with Crippen molar-refractivity contribution in [2.45, 2.75) is 45.2 Å². The van der Waals surface area contributed by atoms with Gasteiger partial charge in [0.25, 0.3) is 0 Å². The average molecular weight is 208 g/mol. The highest BCUT2D eigenvalue weighted by molar-refractivity contribution is 5.74. The highest BCUT2D eigenvalue weighted by Crippen LogP contribution is 1.98. The van der Waals surface area contributed by atoms with Crippen LogP contribution in [0.3, 0.4) is 0 Å². The lowest BCUT2D eigenvalue weighted by atomic mass is 10.1. The van der Waals surface area contributed by atoms with Gasteiger partial charge in [-0.2, -0.15) is 0 Å². The van der Waals surface area contributed by atoms with E-state index >= 15 is 0 Å². The second-order valence-electron chi connectivity index (χ2n) is 3.56. The molecule has 15 heavy (non-hydrogen) atoms. The van der Waals surface area contributed by atoms with Gasteiger partial charge < -0.3 is 10.6 Å². The number of hydrogen-bond acceptors (Lipinski definition) is 1. The van der Waals surface area contributed by atoms with Crippen LogP contribution in [-0.2, 0) is 0 Å². The van der Waals surface area contributed by atoms with Crippen LogP contribution < -0.4 is 10.6 Å². The number of rotatable bonds is 6. The third kappa shape index (κ3) is 6.62. The highest BCUT2D eigenvalue weighted by Gasteiger charge is 2.10. The second kappa shape index (κ2) is 7.93. The second-order valence-corrected chi connectivity index (χ2v) is 3.56. The van der Waals surface area contributed by atoms with Crippen LogP contribution in [0.25, 0.3) is 0 Å². The largest absolute Gasteiger partial charge is 0.335 e. The van der Waals surface area contributed by atoms with Gasteiger partial charge in [-0.05, 0) is 19.8 Å². The molecule has 0 saturated carbocycles. The summed E-state index contributed by atoms with van der Waals surface area (Å²) in [5, 5.41) is 5.64. The first kappa shape index (κ1) is 13.6. The van der Waals surface area contributed by atoms with Crippen molar-refractivity contribution < 1.29 is 4.79 Å². The van der Waals surface area contributed by atoms with Crippen molar-refractivity contribution >= 4 is 6.03 Å². The highest BCUT2D eigenvalue weighted by atomic mass is 16.2. The van der Waals surface area contributed by atoms with Crippen molar-refractivity contribution in [3.63, 3.8) is 0 Å². The maximum absolute atomic E-state index is 11.4. The monoisotopic (exact) mass is 208 g/mol. The molecule has 2 amide bonds. The van der Waals surface area contributed by atoms with Crippen LogP contribution in [0.2, 0.25) is 0 Å². The number of hydrogen-bond donors (Lipinski definition) is 2. The maximum atomic E-state index is 11.4. The van der Waals surface area contributed by atoms with Crippen LogP contribution in [-0.4, -0.2) is 18.1 Å². The zero-order valence-electron chi connectivity index (χ0n) is 9.55. The number of terminal acetylenes is 1. The van der Waals surface area contributed by atoms with Gasteiger partial charge in [0.1, 0.15) is 0 Å². The number of carbonyl (C=O) groups excluding carboxylic acids is 1. The third-order valence-corrected chi connectivity index (χ3v) is 2.08. The van der Waals surface area contributed by atoms with E-state index in [4.69, 9.17) is 6.42 Å². The Labute approximate surface area is 92.3 Å². The van der Waals surface area contributed by atoms with Gasteiger partial charge in [0.15, 0.2) is 0 Å². The van der Waals surface area contributed by atoms with Crippen molar-refractivity contribution in [2.24, 2.45) is 0 Å². The fourth-order valence-electron chi connectivity index (χ4n) is 1.21. The summed E-state index contributed by atoms with van der Waals surface area (Å²) >= 11 is 0. The zero-order valence-corrected chi connectivity index (χ0v) is 9.55. The van der Waals surface area contributed by atoms with Crippen molar-refractivity contribution in [3.05, 3.63) is 12.7 Å². The Bertz CT molecular complexity index is 242. The van der Waals surface area contributed by atoms with E-state index in [9.17, 15) is 4.79 Å². The van der Waals surface area contributed by atoms with Crippen LogP contribution in [0.4, 0.5) is 4.79 Å². The molecule has 0 aromatic heterocycles. The first-order valence-electron chi connectivity index (χ1n) is 5.25. The van der Waals surface area contributed by atoms with E-state index < -0.39 is 0 Å². The molecule has 0 aromatic carbocycles. The normalized spacial score (nSPS) is 13.4. The molecule has 84 valence electrons. The maximum Gasteiger partial charge on any atom is 0.315 e. The van der Waals surface area contributed by atoms with Gasteiger partial charge in [-0.3, -0.25) is 0 Å². The van der Waals surface area contributed by atoms with E-state index in [-0.39, 0.29) is 18.1 Å². The summed E-state index contributed by atoms with van der Waals surface area (Å²) in [4.78, 5) is 11.4. The van der Waals surface area contributed by atoms with Gasteiger partial charge in [-0.15, -0.1) is 18.9 Å². The number of amides is 2. The van der Waals surface area contributed by atoms with Crippen molar-refractivity contribution in [2.75, 3.05) is 0 Å². The summed E-state index contributed by atoms with van der Waals surface area (Å²) in [7, 11) is 0. The van der Waals surface area contributed by atoms with Crippen LogP contribution in [0, 0.1) is 12.3 Å². The van der Waals surface area contributed by atoms with Crippen LogP contribution in [0.15, 0.2) is 12.7 Å². The molecule has 0 spiro atoms. The molecule has 3 heteroatoms. The predicted molar refractivity (Wildman–Crippen MR) is 63.5 cm³/mol. The Morgan fingerprint density at radius 2 is 2.27 bits per heavy atom. The number of nitrogens with one attached hydrogen (secondary N) is 2. The Kier molecular flexibility index (Phi) is 7.17. The summed E-state index contributed by atoms with van der Waals surface area (Å²) in [5.74, 6) is 2.51. The van der Waals surface area contributed by atoms with Crippen molar-refractivity contribution in [1.82, 2.24) is 10.6 Å². The molecule has 0 aliphatic rings. The lowest BCUT2D eigenvalue weighted by Gasteiger charge is -2.17. The first-order chi connectivity index (χ1) is 7.13. The van der Waals surface area contributed by atoms with Gasteiger partial charge >= 0.3 is 6.03 Å². The van der Waals surface area contributed by atoms with E-state index in [1.165, 1.54) is 0 Å². The van der Waals surface area contributed by atoms with Crippen molar-refractivity contribution in [1.29, 1.82) is 0 Å². The van der Waals surface area contributed by atoms with E-state index in [0.717, 1.165) is 12.8 Å². The zero-order chi connectivity index (χ0) is 11.7. The van der Waals surface area contributed by atoms with Gasteiger partial charge in [-0.25, -0.2) is 4.79 Å². The lowest BCUT2D eigenvalue weighted by molar-refractivity contribution is 0.233. The molecule has 0 aromatic rings. The molecule has 0 fully saturated rings. The molecule has 0 unspecified atom stereocenters. The van der Waals surface area contributed by atoms with E-state index in [1.807, 2.05) is 13.8 Å². The average Bonchev–Trinajstić information content (AvgIpc) is 2.17. The quantitative estimate of drug-likeness (QED) is 0.509. The summed E-state index contributed by atoms with van der Waals surface area (Å²) < 4.78 is 0.